The summed E-state index contributed by atoms with van der Waals surface area (Å²) in [5, 5.41) is 14.1. The van der Waals surface area contributed by atoms with Gasteiger partial charge in [0.2, 0.25) is 0 Å². The van der Waals surface area contributed by atoms with Gasteiger partial charge in [0.25, 0.3) is 0 Å². The molecular weight excluding hydrogens is 206 g/mol. The number of thiophene rings is 1. The highest BCUT2D eigenvalue weighted by Crippen LogP contribution is 2.30. The highest BCUT2D eigenvalue weighted by molar-refractivity contribution is 7.07. The summed E-state index contributed by atoms with van der Waals surface area (Å²) in [5.74, 6) is 0.0996. The Hall–Kier alpha value is -1.19. The van der Waals surface area contributed by atoms with Crippen molar-refractivity contribution >= 4 is 11.3 Å². The molecule has 0 saturated carbocycles. The molecule has 0 amide bonds. The van der Waals surface area contributed by atoms with E-state index in [1.54, 1.807) is 23.7 Å². The first-order valence-corrected chi connectivity index (χ1v) is 5.83. The Morgan fingerprint density at radius 3 is 2.53 bits per heavy atom. The number of pyridine rings is 1. The first-order chi connectivity index (χ1) is 7.29. The third-order valence-electron chi connectivity index (χ3n) is 2.59. The molecule has 0 aliphatic heterocycles. The predicted molar refractivity (Wildman–Crippen MR) is 61.9 cm³/mol. The summed E-state index contributed by atoms with van der Waals surface area (Å²) in [6.07, 6.45) is 3.08. The summed E-state index contributed by atoms with van der Waals surface area (Å²) in [6, 6.07) is 5.85. The van der Waals surface area contributed by atoms with Crippen LogP contribution < -0.4 is 0 Å². The van der Waals surface area contributed by atoms with Crippen molar-refractivity contribution in [2.75, 3.05) is 0 Å². The largest absolute Gasteiger partial charge is 0.388 e. The zero-order chi connectivity index (χ0) is 10.7. The van der Waals surface area contributed by atoms with Crippen molar-refractivity contribution in [2.24, 2.45) is 0 Å². The topological polar surface area (TPSA) is 33.1 Å². The maximum absolute atomic E-state index is 10.1. The summed E-state index contributed by atoms with van der Waals surface area (Å²) in [7, 11) is 0. The number of aromatic nitrogens is 1. The predicted octanol–water partition coefficient (Wildman–Crippen LogP) is 2.98. The molecule has 2 nitrogen and oxygen atoms in total. The molecule has 2 rings (SSSR count). The van der Waals surface area contributed by atoms with Gasteiger partial charge in [0.05, 0.1) is 6.10 Å². The zero-order valence-electron chi connectivity index (χ0n) is 8.50. The Morgan fingerprint density at radius 1 is 1.20 bits per heavy atom. The lowest BCUT2D eigenvalue weighted by atomic mass is 9.93. The summed E-state index contributed by atoms with van der Waals surface area (Å²) in [4.78, 5) is 3.97. The lowest BCUT2D eigenvalue weighted by Crippen LogP contribution is -2.06. The second-order valence-corrected chi connectivity index (χ2v) is 4.35. The molecule has 2 aromatic heterocycles. The molecule has 0 spiro atoms. The summed E-state index contributed by atoms with van der Waals surface area (Å²) >= 11 is 1.61. The molecule has 2 atom stereocenters. The molecule has 0 saturated heterocycles. The molecule has 15 heavy (non-hydrogen) atoms. The van der Waals surface area contributed by atoms with Gasteiger partial charge in [0.15, 0.2) is 0 Å². The van der Waals surface area contributed by atoms with E-state index in [2.05, 4.69) is 4.98 Å². The van der Waals surface area contributed by atoms with Crippen LogP contribution in [0.15, 0.2) is 41.4 Å². The second kappa shape index (κ2) is 4.55. The van der Waals surface area contributed by atoms with Crippen LogP contribution in [-0.2, 0) is 0 Å². The minimum absolute atomic E-state index is 0.0996. The fourth-order valence-electron chi connectivity index (χ4n) is 1.58. The molecule has 78 valence electrons. The van der Waals surface area contributed by atoms with E-state index >= 15 is 0 Å². The van der Waals surface area contributed by atoms with Crippen molar-refractivity contribution in [3.05, 3.63) is 52.5 Å². The molecule has 2 aromatic rings. The summed E-state index contributed by atoms with van der Waals surface area (Å²) in [6.45, 7) is 2.03. The second-order valence-electron chi connectivity index (χ2n) is 3.57. The van der Waals surface area contributed by atoms with E-state index in [9.17, 15) is 5.11 Å². The Balaban J connectivity index is 2.18. The minimum atomic E-state index is -0.432. The Kier molecular flexibility index (Phi) is 3.14. The quantitative estimate of drug-likeness (QED) is 0.861. The lowest BCUT2D eigenvalue weighted by Gasteiger charge is -2.18. The number of aliphatic hydroxyl groups is 1. The zero-order valence-corrected chi connectivity index (χ0v) is 9.32. The number of nitrogens with zero attached hydrogens (tertiary/aromatic N) is 1. The summed E-state index contributed by atoms with van der Waals surface area (Å²) in [5.41, 5.74) is 2.10. The van der Waals surface area contributed by atoms with Crippen LogP contribution in [-0.4, -0.2) is 10.1 Å². The van der Waals surface area contributed by atoms with E-state index in [4.69, 9.17) is 0 Å². The van der Waals surface area contributed by atoms with Crippen LogP contribution in [0.25, 0.3) is 0 Å². The number of hydrogen-bond donors (Lipinski definition) is 1. The first-order valence-electron chi connectivity index (χ1n) is 4.89. The van der Waals surface area contributed by atoms with Crippen molar-refractivity contribution < 1.29 is 5.11 Å². The van der Waals surface area contributed by atoms with Crippen molar-refractivity contribution in [1.29, 1.82) is 0 Å². The minimum Gasteiger partial charge on any atom is -0.388 e. The third-order valence-corrected chi connectivity index (χ3v) is 3.29. The van der Waals surface area contributed by atoms with Gasteiger partial charge >= 0.3 is 0 Å². The van der Waals surface area contributed by atoms with Crippen molar-refractivity contribution in [2.45, 2.75) is 18.9 Å². The first kappa shape index (κ1) is 10.3. The Labute approximate surface area is 93.2 Å². The number of aliphatic hydroxyl groups excluding tert-OH is 1. The maximum atomic E-state index is 10.1. The standard InChI is InChI=1S/C12H13NOS/c1-9(10-2-5-13-6-3-10)12(14)11-4-7-15-8-11/h2-9,12,14H,1H3. The summed E-state index contributed by atoms with van der Waals surface area (Å²) < 4.78 is 0. The van der Waals surface area contributed by atoms with Gasteiger partial charge in [-0.05, 0) is 40.1 Å². The van der Waals surface area contributed by atoms with Gasteiger partial charge in [-0.15, -0.1) is 0 Å². The van der Waals surface area contributed by atoms with E-state index < -0.39 is 6.10 Å². The lowest BCUT2D eigenvalue weighted by molar-refractivity contribution is 0.152. The Morgan fingerprint density at radius 2 is 1.93 bits per heavy atom. The van der Waals surface area contributed by atoms with E-state index in [0.717, 1.165) is 11.1 Å². The average molecular weight is 219 g/mol. The fourth-order valence-corrected chi connectivity index (χ4v) is 2.27. The normalized spacial score (nSPS) is 14.8. The van der Waals surface area contributed by atoms with Crippen molar-refractivity contribution in [3.63, 3.8) is 0 Å². The molecule has 1 N–H and O–H groups in total. The molecule has 0 bridgehead atoms. The van der Waals surface area contributed by atoms with Crippen LogP contribution in [0.4, 0.5) is 0 Å². The SMILES string of the molecule is CC(c1ccncc1)C(O)c1ccsc1. The van der Waals surface area contributed by atoms with Crippen molar-refractivity contribution in [3.8, 4) is 0 Å². The van der Waals surface area contributed by atoms with Gasteiger partial charge in [0, 0.05) is 18.3 Å². The van der Waals surface area contributed by atoms with E-state index in [-0.39, 0.29) is 5.92 Å². The van der Waals surface area contributed by atoms with Crippen LogP contribution in [0.3, 0.4) is 0 Å². The monoisotopic (exact) mass is 219 g/mol. The van der Waals surface area contributed by atoms with Gasteiger partial charge in [0.1, 0.15) is 0 Å². The molecule has 0 aliphatic rings. The number of rotatable bonds is 3. The molecule has 2 heterocycles. The van der Waals surface area contributed by atoms with Crippen LogP contribution in [0.2, 0.25) is 0 Å². The van der Waals surface area contributed by atoms with E-state index in [1.807, 2.05) is 35.9 Å². The average Bonchev–Trinajstić information content (AvgIpc) is 2.82. The van der Waals surface area contributed by atoms with Crippen LogP contribution in [0.5, 0.6) is 0 Å². The van der Waals surface area contributed by atoms with Crippen LogP contribution in [0, 0.1) is 0 Å². The molecule has 2 unspecified atom stereocenters. The highest BCUT2D eigenvalue weighted by Gasteiger charge is 2.17. The van der Waals surface area contributed by atoms with Gasteiger partial charge in [-0.1, -0.05) is 6.92 Å². The molecular formula is C12H13NOS. The molecule has 0 fully saturated rings. The van der Waals surface area contributed by atoms with Gasteiger partial charge < -0.3 is 5.11 Å². The fraction of sp³-hybridized carbons (Fsp3) is 0.250. The van der Waals surface area contributed by atoms with E-state index in [1.165, 1.54) is 0 Å². The molecule has 0 aliphatic carbocycles. The molecule has 0 aromatic carbocycles. The molecule has 3 heteroatoms. The molecule has 0 radical (unpaired) electrons. The van der Waals surface area contributed by atoms with Gasteiger partial charge in [-0.2, -0.15) is 11.3 Å². The van der Waals surface area contributed by atoms with Crippen molar-refractivity contribution in [1.82, 2.24) is 4.98 Å². The van der Waals surface area contributed by atoms with E-state index in [0.29, 0.717) is 0 Å². The van der Waals surface area contributed by atoms with Crippen LogP contribution in [0.1, 0.15) is 30.1 Å². The third kappa shape index (κ3) is 2.25. The highest BCUT2D eigenvalue weighted by atomic mass is 32.1. The van der Waals surface area contributed by atoms with Gasteiger partial charge in [-0.25, -0.2) is 0 Å². The smallest absolute Gasteiger partial charge is 0.0863 e. The maximum Gasteiger partial charge on any atom is 0.0863 e. The van der Waals surface area contributed by atoms with Crippen LogP contribution >= 0.6 is 11.3 Å². The van der Waals surface area contributed by atoms with Gasteiger partial charge in [-0.3, -0.25) is 4.98 Å². The Bertz CT molecular complexity index is 399. The number of hydrogen-bond acceptors (Lipinski definition) is 3.